The van der Waals surface area contributed by atoms with Gasteiger partial charge in [-0.2, -0.15) is 11.8 Å². The largest absolute Gasteiger partial charge is 0.351 e. The predicted octanol–water partition coefficient (Wildman–Crippen LogP) is 3.01. The number of halogens is 1. The first-order chi connectivity index (χ1) is 17.5. The molecule has 1 saturated carbocycles. The van der Waals surface area contributed by atoms with Crippen molar-refractivity contribution in [2.75, 3.05) is 36.2 Å². The number of rotatable bonds is 9. The van der Waals surface area contributed by atoms with Crippen LogP contribution in [0, 0.1) is 11.7 Å². The lowest BCUT2D eigenvalue weighted by molar-refractivity contribution is -0.129. The Hall–Kier alpha value is -1.78. The van der Waals surface area contributed by atoms with Crippen LogP contribution >= 0.6 is 23.5 Å². The molecule has 0 bridgehead atoms. The summed E-state index contributed by atoms with van der Waals surface area (Å²) >= 11 is 3.45. The number of thioether (sulfide) groups is 2. The van der Waals surface area contributed by atoms with E-state index in [1.54, 1.807) is 28.4 Å². The molecule has 1 aromatic rings. The Morgan fingerprint density at radius 2 is 1.81 bits per heavy atom. The molecule has 0 unspecified atom stereocenters. The lowest BCUT2D eigenvalue weighted by Gasteiger charge is -2.33. The van der Waals surface area contributed by atoms with Crippen molar-refractivity contribution in [2.24, 2.45) is 5.92 Å². The second kappa shape index (κ2) is 13.7. The van der Waals surface area contributed by atoms with E-state index in [0.717, 1.165) is 17.4 Å². The van der Waals surface area contributed by atoms with Gasteiger partial charge >= 0.3 is 0 Å². The molecule has 0 spiro atoms. The average molecular weight is 537 g/mol. The molecule has 198 valence electrons. The van der Waals surface area contributed by atoms with E-state index in [1.807, 2.05) is 0 Å². The Balaban J connectivity index is 1.27. The Morgan fingerprint density at radius 1 is 1.08 bits per heavy atom. The number of carbonyl (C=O) groups excluding carboxylic acids is 3. The second-order valence-corrected chi connectivity index (χ2v) is 12.1. The minimum absolute atomic E-state index is 0.0438. The molecule has 3 aliphatic rings. The predicted molar refractivity (Wildman–Crippen MR) is 144 cm³/mol. The number of hydrogen-bond acceptors (Lipinski definition) is 6. The second-order valence-electron chi connectivity index (χ2n) is 9.96. The number of carbonyl (C=O) groups is 3. The zero-order chi connectivity index (χ0) is 25.3. The Labute approximate surface area is 221 Å². The fraction of sp³-hybridized carbons (Fsp3) is 0.654. The molecule has 1 aliphatic carbocycles. The number of nitrogens with one attached hydrogen (secondary N) is 3. The van der Waals surface area contributed by atoms with Crippen LogP contribution in [0.1, 0.15) is 55.3 Å². The molecule has 3 amide bonds. The van der Waals surface area contributed by atoms with E-state index in [0.29, 0.717) is 43.2 Å². The lowest BCUT2D eigenvalue weighted by atomic mass is 9.91. The fourth-order valence-corrected chi connectivity index (χ4v) is 7.24. The van der Waals surface area contributed by atoms with Gasteiger partial charge in [0.25, 0.3) is 5.91 Å². The summed E-state index contributed by atoms with van der Waals surface area (Å²) in [6.07, 6.45) is 7.72. The van der Waals surface area contributed by atoms with Gasteiger partial charge in [0.05, 0.1) is 6.04 Å². The van der Waals surface area contributed by atoms with Crippen molar-refractivity contribution in [1.29, 1.82) is 0 Å². The van der Waals surface area contributed by atoms with Crippen molar-refractivity contribution in [2.45, 2.75) is 63.1 Å². The van der Waals surface area contributed by atoms with Gasteiger partial charge in [0, 0.05) is 42.1 Å². The molecule has 3 fully saturated rings. The van der Waals surface area contributed by atoms with E-state index >= 15 is 0 Å². The maximum atomic E-state index is 13.2. The number of amides is 3. The SMILES string of the molecule is O=C(N[C@@H](CSCC1CCCCC1)C(=O)NC1CCN(C(=O)c2ccc(F)cc2)CC1)[C@@H]1CSCN1. The lowest BCUT2D eigenvalue weighted by Crippen LogP contribution is -2.56. The summed E-state index contributed by atoms with van der Waals surface area (Å²) in [4.78, 5) is 40.4. The maximum absolute atomic E-state index is 13.2. The van der Waals surface area contributed by atoms with E-state index in [2.05, 4.69) is 16.0 Å². The van der Waals surface area contributed by atoms with Gasteiger partial charge < -0.3 is 15.5 Å². The molecule has 1 aromatic carbocycles. The fourth-order valence-electron chi connectivity index (χ4n) is 5.03. The highest BCUT2D eigenvalue weighted by Crippen LogP contribution is 2.27. The minimum atomic E-state index is -0.572. The number of hydrogen-bond donors (Lipinski definition) is 3. The van der Waals surface area contributed by atoms with Crippen molar-refractivity contribution in [3.05, 3.63) is 35.6 Å². The summed E-state index contributed by atoms with van der Waals surface area (Å²) in [6.45, 7) is 1.05. The molecule has 2 aliphatic heterocycles. The standard InChI is InChI=1S/C26H37FN4O3S2/c27-20-8-6-19(7-9-20)26(34)31-12-10-21(11-13-31)29-25(33)23(30-24(32)22-15-36-17-28-22)16-35-14-18-4-2-1-3-5-18/h6-9,18,21-23,28H,1-5,10-17H2,(H,29,33)(H,30,32)/t22-,23-/m0/s1. The summed E-state index contributed by atoms with van der Waals surface area (Å²) in [5, 5.41) is 9.30. The zero-order valence-electron chi connectivity index (χ0n) is 20.7. The van der Waals surface area contributed by atoms with E-state index in [1.165, 1.54) is 56.4 Å². The zero-order valence-corrected chi connectivity index (χ0v) is 22.3. The Bertz CT molecular complexity index is 884. The molecule has 2 heterocycles. The van der Waals surface area contributed by atoms with Gasteiger partial charge in [-0.05, 0) is 61.6 Å². The monoisotopic (exact) mass is 536 g/mol. The van der Waals surface area contributed by atoms with Gasteiger partial charge in [0.15, 0.2) is 0 Å². The van der Waals surface area contributed by atoms with Gasteiger partial charge in [-0.25, -0.2) is 4.39 Å². The summed E-state index contributed by atoms with van der Waals surface area (Å²) in [5.74, 6) is 3.03. The number of benzene rings is 1. The molecule has 0 radical (unpaired) electrons. The first-order valence-corrected chi connectivity index (χ1v) is 15.3. The highest BCUT2D eigenvalue weighted by atomic mass is 32.2. The number of likely N-dealkylation sites (tertiary alicyclic amines) is 1. The molecule has 4 rings (SSSR count). The molecule has 36 heavy (non-hydrogen) atoms. The highest BCUT2D eigenvalue weighted by Gasteiger charge is 2.30. The van der Waals surface area contributed by atoms with Crippen molar-refractivity contribution in [3.63, 3.8) is 0 Å². The molecule has 3 N–H and O–H groups in total. The molecule has 2 saturated heterocycles. The van der Waals surface area contributed by atoms with Crippen LogP contribution < -0.4 is 16.0 Å². The molecule has 10 heteroatoms. The van der Waals surface area contributed by atoms with Crippen LogP contribution in [0.15, 0.2) is 24.3 Å². The van der Waals surface area contributed by atoms with Crippen molar-refractivity contribution >= 4 is 41.2 Å². The molecular weight excluding hydrogens is 499 g/mol. The van der Waals surface area contributed by atoms with E-state index in [4.69, 9.17) is 0 Å². The molecular formula is C26H37FN4O3S2. The smallest absolute Gasteiger partial charge is 0.253 e. The van der Waals surface area contributed by atoms with Crippen LogP contribution in [0.2, 0.25) is 0 Å². The van der Waals surface area contributed by atoms with Crippen LogP contribution in [0.3, 0.4) is 0 Å². The van der Waals surface area contributed by atoms with Crippen LogP contribution in [-0.4, -0.2) is 77.0 Å². The quantitative estimate of drug-likeness (QED) is 0.450. The first kappa shape index (κ1) is 27.3. The summed E-state index contributed by atoms with van der Waals surface area (Å²) in [7, 11) is 0. The van der Waals surface area contributed by atoms with Gasteiger partial charge in [0.1, 0.15) is 11.9 Å². The molecule has 7 nitrogen and oxygen atoms in total. The Morgan fingerprint density at radius 3 is 2.47 bits per heavy atom. The topological polar surface area (TPSA) is 90.5 Å². The van der Waals surface area contributed by atoms with Gasteiger partial charge in [0.2, 0.25) is 11.8 Å². The van der Waals surface area contributed by atoms with E-state index in [-0.39, 0.29) is 35.6 Å². The summed E-state index contributed by atoms with van der Waals surface area (Å²) < 4.78 is 13.2. The minimum Gasteiger partial charge on any atom is -0.351 e. The van der Waals surface area contributed by atoms with Crippen LogP contribution in [0.4, 0.5) is 4.39 Å². The van der Waals surface area contributed by atoms with Gasteiger partial charge in [-0.3, -0.25) is 19.7 Å². The van der Waals surface area contributed by atoms with Crippen molar-refractivity contribution < 1.29 is 18.8 Å². The van der Waals surface area contributed by atoms with E-state index < -0.39 is 6.04 Å². The molecule has 2 atom stereocenters. The average Bonchev–Trinajstić information content (AvgIpc) is 3.44. The number of piperidine rings is 1. The maximum Gasteiger partial charge on any atom is 0.253 e. The third kappa shape index (κ3) is 7.86. The number of nitrogens with zero attached hydrogens (tertiary/aromatic N) is 1. The summed E-state index contributed by atoms with van der Waals surface area (Å²) in [6, 6.07) is 4.72. The summed E-state index contributed by atoms with van der Waals surface area (Å²) in [5.41, 5.74) is 0.468. The van der Waals surface area contributed by atoms with Crippen LogP contribution in [0.5, 0.6) is 0 Å². The normalized spacial score (nSPS) is 22.2. The van der Waals surface area contributed by atoms with Gasteiger partial charge in [-0.15, -0.1) is 11.8 Å². The third-order valence-electron chi connectivity index (χ3n) is 7.25. The molecule has 0 aromatic heterocycles. The van der Waals surface area contributed by atoms with Crippen molar-refractivity contribution in [1.82, 2.24) is 20.9 Å². The van der Waals surface area contributed by atoms with Crippen LogP contribution in [-0.2, 0) is 9.59 Å². The van der Waals surface area contributed by atoms with Crippen LogP contribution in [0.25, 0.3) is 0 Å². The third-order valence-corrected chi connectivity index (χ3v) is 9.46. The van der Waals surface area contributed by atoms with Gasteiger partial charge in [-0.1, -0.05) is 19.3 Å². The van der Waals surface area contributed by atoms with E-state index in [9.17, 15) is 18.8 Å². The van der Waals surface area contributed by atoms with Crippen molar-refractivity contribution in [3.8, 4) is 0 Å². The Kier molecular flexibility index (Phi) is 10.4. The highest BCUT2D eigenvalue weighted by molar-refractivity contribution is 7.99. The first-order valence-electron chi connectivity index (χ1n) is 13.0.